The van der Waals surface area contributed by atoms with Crippen LogP contribution in [0.3, 0.4) is 0 Å². The van der Waals surface area contributed by atoms with Crippen molar-refractivity contribution >= 4 is 0 Å². The van der Waals surface area contributed by atoms with Crippen molar-refractivity contribution in [2.75, 3.05) is 6.54 Å². The van der Waals surface area contributed by atoms with Crippen LogP contribution in [0.5, 0.6) is 0 Å². The summed E-state index contributed by atoms with van der Waals surface area (Å²) >= 11 is 0. The molecule has 0 amide bonds. The predicted molar refractivity (Wildman–Crippen MR) is 118 cm³/mol. The minimum absolute atomic E-state index is 0.598. The molecule has 0 rings (SSSR count). The molecule has 27 heavy (non-hydrogen) atoms. The lowest BCUT2D eigenvalue weighted by Gasteiger charge is -2.21. The second-order valence-corrected chi connectivity index (χ2v) is 8.53. The standard InChI is InChI=1S/C24H51NO2/c1-4-7-9-11-12-15-19-23(6-3)20-16-14-17-21-24(26)25(27)22-18-13-10-8-5-2/h23-24,26-27H,4-22H2,1-3H3. The first-order chi connectivity index (χ1) is 13.2. The van der Waals surface area contributed by atoms with E-state index in [1.807, 2.05) is 0 Å². The Morgan fingerprint density at radius 1 is 0.593 bits per heavy atom. The van der Waals surface area contributed by atoms with Crippen molar-refractivity contribution in [3.8, 4) is 0 Å². The lowest BCUT2D eigenvalue weighted by molar-refractivity contribution is -0.198. The average molecular weight is 386 g/mol. The Morgan fingerprint density at radius 2 is 1.04 bits per heavy atom. The van der Waals surface area contributed by atoms with Gasteiger partial charge in [-0.2, -0.15) is 5.06 Å². The van der Waals surface area contributed by atoms with Gasteiger partial charge in [0.1, 0.15) is 6.23 Å². The van der Waals surface area contributed by atoms with Gasteiger partial charge in [0.15, 0.2) is 0 Å². The molecule has 0 aliphatic rings. The summed E-state index contributed by atoms with van der Waals surface area (Å²) in [7, 11) is 0. The van der Waals surface area contributed by atoms with Crippen LogP contribution in [0.1, 0.15) is 136 Å². The van der Waals surface area contributed by atoms with Gasteiger partial charge >= 0.3 is 0 Å². The fraction of sp³-hybridized carbons (Fsp3) is 1.00. The Bertz CT molecular complexity index is 282. The lowest BCUT2D eigenvalue weighted by atomic mass is 9.92. The lowest BCUT2D eigenvalue weighted by Crippen LogP contribution is -2.32. The van der Waals surface area contributed by atoms with E-state index in [2.05, 4.69) is 20.8 Å². The van der Waals surface area contributed by atoms with E-state index in [-0.39, 0.29) is 0 Å². The van der Waals surface area contributed by atoms with Gasteiger partial charge in [-0.25, -0.2) is 0 Å². The van der Waals surface area contributed by atoms with Crippen LogP contribution in [0, 0.1) is 5.92 Å². The molecule has 0 fully saturated rings. The van der Waals surface area contributed by atoms with E-state index in [0.29, 0.717) is 13.0 Å². The Morgan fingerprint density at radius 3 is 1.59 bits per heavy atom. The third-order valence-electron chi connectivity index (χ3n) is 5.95. The molecule has 3 nitrogen and oxygen atoms in total. The van der Waals surface area contributed by atoms with E-state index in [1.54, 1.807) is 0 Å². The van der Waals surface area contributed by atoms with Crippen LogP contribution < -0.4 is 0 Å². The summed E-state index contributed by atoms with van der Waals surface area (Å²) in [5.74, 6) is 0.888. The second kappa shape index (κ2) is 20.6. The molecule has 0 spiro atoms. The average Bonchev–Trinajstić information content (AvgIpc) is 2.68. The van der Waals surface area contributed by atoms with Crippen LogP contribution in [-0.2, 0) is 0 Å². The number of unbranched alkanes of at least 4 members (excludes halogenated alkanes) is 11. The molecule has 0 aromatic rings. The monoisotopic (exact) mass is 385 g/mol. The summed E-state index contributed by atoms with van der Waals surface area (Å²) in [4.78, 5) is 0. The first-order valence-electron chi connectivity index (χ1n) is 12.3. The molecule has 2 unspecified atom stereocenters. The fourth-order valence-corrected chi connectivity index (χ4v) is 3.88. The van der Waals surface area contributed by atoms with Gasteiger partial charge in [0, 0.05) is 6.54 Å². The van der Waals surface area contributed by atoms with E-state index < -0.39 is 6.23 Å². The van der Waals surface area contributed by atoms with Crippen LogP contribution in [0.15, 0.2) is 0 Å². The number of nitrogens with zero attached hydrogens (tertiary/aromatic N) is 1. The van der Waals surface area contributed by atoms with Gasteiger partial charge in [-0.05, 0) is 25.2 Å². The molecule has 0 saturated heterocycles. The van der Waals surface area contributed by atoms with E-state index >= 15 is 0 Å². The maximum atomic E-state index is 10.1. The summed E-state index contributed by atoms with van der Waals surface area (Å²) in [6.07, 6.45) is 21.7. The molecule has 3 heteroatoms. The molecule has 0 aromatic heterocycles. The number of rotatable bonds is 21. The van der Waals surface area contributed by atoms with Gasteiger partial charge in [-0.3, -0.25) is 0 Å². The van der Waals surface area contributed by atoms with Crippen molar-refractivity contribution in [3.05, 3.63) is 0 Å². The predicted octanol–water partition coefficient (Wildman–Crippen LogP) is 7.69. The van der Waals surface area contributed by atoms with Crippen molar-refractivity contribution in [1.29, 1.82) is 0 Å². The van der Waals surface area contributed by atoms with Crippen LogP contribution >= 0.6 is 0 Å². The topological polar surface area (TPSA) is 43.7 Å². The number of hydrogen-bond donors (Lipinski definition) is 2. The normalized spacial score (nSPS) is 14.0. The fourth-order valence-electron chi connectivity index (χ4n) is 3.88. The highest BCUT2D eigenvalue weighted by atomic mass is 16.5. The van der Waals surface area contributed by atoms with Crippen molar-refractivity contribution < 1.29 is 10.3 Å². The zero-order valence-corrected chi connectivity index (χ0v) is 18.9. The Labute approximate surface area is 170 Å². The van der Waals surface area contributed by atoms with Gasteiger partial charge in [0.05, 0.1) is 0 Å². The molecule has 0 aliphatic carbocycles. The van der Waals surface area contributed by atoms with Crippen molar-refractivity contribution in [2.45, 2.75) is 143 Å². The highest BCUT2D eigenvalue weighted by Gasteiger charge is 2.12. The first kappa shape index (κ1) is 26.9. The van der Waals surface area contributed by atoms with Crippen LogP contribution in [0.4, 0.5) is 0 Å². The van der Waals surface area contributed by atoms with E-state index in [9.17, 15) is 10.3 Å². The third kappa shape index (κ3) is 17.7. The molecule has 0 bridgehead atoms. The van der Waals surface area contributed by atoms with Crippen molar-refractivity contribution in [3.63, 3.8) is 0 Å². The zero-order valence-electron chi connectivity index (χ0n) is 18.9. The Hall–Kier alpha value is -0.120. The summed E-state index contributed by atoms with van der Waals surface area (Å²) in [6.45, 7) is 7.41. The SMILES string of the molecule is CCCCCCCCC(CC)CCCCCC(O)N(O)CCCCCCC. The molecular formula is C24H51NO2. The summed E-state index contributed by atoms with van der Waals surface area (Å²) in [5.41, 5.74) is 0. The molecular weight excluding hydrogens is 334 g/mol. The number of aliphatic hydroxyl groups is 1. The van der Waals surface area contributed by atoms with Gasteiger partial charge in [-0.15, -0.1) is 0 Å². The van der Waals surface area contributed by atoms with Crippen molar-refractivity contribution in [2.24, 2.45) is 5.92 Å². The minimum Gasteiger partial charge on any atom is -0.376 e. The summed E-state index contributed by atoms with van der Waals surface area (Å²) in [6, 6.07) is 0. The molecule has 164 valence electrons. The number of hydrogen-bond acceptors (Lipinski definition) is 3. The Kier molecular flexibility index (Phi) is 20.5. The van der Waals surface area contributed by atoms with Crippen molar-refractivity contribution in [1.82, 2.24) is 5.06 Å². The minimum atomic E-state index is -0.679. The van der Waals surface area contributed by atoms with E-state index in [1.165, 1.54) is 89.9 Å². The second-order valence-electron chi connectivity index (χ2n) is 8.53. The molecule has 2 atom stereocenters. The van der Waals surface area contributed by atoms with Crippen LogP contribution in [-0.4, -0.2) is 28.1 Å². The largest absolute Gasteiger partial charge is 0.376 e. The van der Waals surface area contributed by atoms with E-state index in [4.69, 9.17) is 0 Å². The van der Waals surface area contributed by atoms with Crippen LogP contribution in [0.2, 0.25) is 0 Å². The molecule has 0 aromatic carbocycles. The van der Waals surface area contributed by atoms with E-state index in [0.717, 1.165) is 30.2 Å². The molecule has 0 radical (unpaired) electrons. The van der Waals surface area contributed by atoms with Gasteiger partial charge in [0.2, 0.25) is 0 Å². The summed E-state index contributed by atoms with van der Waals surface area (Å²) in [5, 5.41) is 21.1. The van der Waals surface area contributed by atoms with Gasteiger partial charge in [0.25, 0.3) is 0 Å². The smallest absolute Gasteiger partial charge is 0.129 e. The quantitative estimate of drug-likeness (QED) is 0.121. The van der Waals surface area contributed by atoms with Gasteiger partial charge < -0.3 is 10.3 Å². The molecule has 0 saturated carbocycles. The highest BCUT2D eigenvalue weighted by molar-refractivity contribution is 4.60. The zero-order chi connectivity index (χ0) is 20.2. The van der Waals surface area contributed by atoms with Crippen LogP contribution in [0.25, 0.3) is 0 Å². The molecule has 0 heterocycles. The molecule has 0 aliphatic heterocycles. The maximum absolute atomic E-state index is 10.1. The van der Waals surface area contributed by atoms with Gasteiger partial charge in [-0.1, -0.05) is 117 Å². The molecule has 2 N–H and O–H groups in total. The third-order valence-corrected chi connectivity index (χ3v) is 5.95. The maximum Gasteiger partial charge on any atom is 0.129 e. The first-order valence-corrected chi connectivity index (χ1v) is 12.3. The number of hydroxylamine groups is 2. The summed E-state index contributed by atoms with van der Waals surface area (Å²) < 4.78 is 0. The number of aliphatic hydroxyl groups excluding tert-OH is 1. The Balaban J connectivity index is 3.57. The highest BCUT2D eigenvalue weighted by Crippen LogP contribution is 2.21.